The summed E-state index contributed by atoms with van der Waals surface area (Å²) in [6.45, 7) is 5.90. The normalized spacial score (nSPS) is 15.6. The van der Waals surface area contributed by atoms with Crippen molar-refractivity contribution >= 4 is 29.9 Å². The van der Waals surface area contributed by atoms with Gasteiger partial charge in [0.05, 0.1) is 12.6 Å². The van der Waals surface area contributed by atoms with E-state index in [0.29, 0.717) is 13.2 Å². The van der Waals surface area contributed by atoms with E-state index < -0.39 is 11.6 Å². The van der Waals surface area contributed by atoms with Gasteiger partial charge in [-0.25, -0.2) is 13.8 Å². The average Bonchev–Trinajstić information content (AvgIpc) is 2.65. The topological polar surface area (TPSA) is 46.1 Å². The average molecular weight is 497 g/mol. The molecule has 0 aromatic heterocycles. The SMILES string of the molecule is CCNC(=NCc1cc(F)ccc1F)N1CCC(OCCCOC)CC1.I. The Morgan fingerprint density at radius 2 is 2.00 bits per heavy atom. The first-order valence-electron chi connectivity index (χ1n) is 9.21. The third-order valence-electron chi connectivity index (χ3n) is 4.33. The molecule has 5 nitrogen and oxygen atoms in total. The molecule has 8 heteroatoms. The van der Waals surface area contributed by atoms with Crippen molar-refractivity contribution in [2.75, 3.05) is 40.0 Å². The molecule has 1 fully saturated rings. The van der Waals surface area contributed by atoms with Crippen molar-refractivity contribution in [1.82, 2.24) is 10.2 Å². The molecule has 1 saturated heterocycles. The predicted molar refractivity (Wildman–Crippen MR) is 114 cm³/mol. The Balaban J connectivity index is 0.00000364. The summed E-state index contributed by atoms with van der Waals surface area (Å²) < 4.78 is 38.0. The summed E-state index contributed by atoms with van der Waals surface area (Å²) in [5.74, 6) is -0.156. The Labute approximate surface area is 177 Å². The van der Waals surface area contributed by atoms with Crippen LogP contribution in [-0.4, -0.2) is 56.9 Å². The summed E-state index contributed by atoms with van der Waals surface area (Å²) in [4.78, 5) is 6.64. The van der Waals surface area contributed by atoms with E-state index in [-0.39, 0.29) is 42.2 Å². The molecule has 1 aromatic rings. The quantitative estimate of drug-likeness (QED) is 0.258. The molecular formula is C19H30F2IN3O2. The van der Waals surface area contributed by atoms with Crippen LogP contribution in [0.4, 0.5) is 8.78 Å². The molecule has 27 heavy (non-hydrogen) atoms. The number of benzene rings is 1. The Morgan fingerprint density at radius 3 is 2.67 bits per heavy atom. The summed E-state index contributed by atoms with van der Waals surface area (Å²) in [5.41, 5.74) is 0.261. The molecule has 2 rings (SSSR count). The summed E-state index contributed by atoms with van der Waals surface area (Å²) in [5, 5.41) is 3.23. The molecule has 0 radical (unpaired) electrons. The van der Waals surface area contributed by atoms with Gasteiger partial charge in [0, 0.05) is 45.5 Å². The standard InChI is InChI=1S/C19H29F2N3O2.HI/c1-3-22-19(23-14-15-13-16(20)5-6-18(15)21)24-9-7-17(8-10-24)26-12-4-11-25-2;/h5-6,13,17H,3-4,7-12,14H2,1-2H3,(H,22,23);1H. The second-order valence-electron chi connectivity index (χ2n) is 6.31. The van der Waals surface area contributed by atoms with Gasteiger partial charge in [0.15, 0.2) is 5.96 Å². The fourth-order valence-corrected chi connectivity index (χ4v) is 2.94. The number of guanidine groups is 1. The van der Waals surface area contributed by atoms with Gasteiger partial charge in [-0.2, -0.15) is 0 Å². The van der Waals surface area contributed by atoms with Gasteiger partial charge in [0.25, 0.3) is 0 Å². The van der Waals surface area contributed by atoms with E-state index in [4.69, 9.17) is 9.47 Å². The summed E-state index contributed by atoms with van der Waals surface area (Å²) in [6.07, 6.45) is 3.00. The minimum Gasteiger partial charge on any atom is -0.385 e. The molecule has 0 atom stereocenters. The first-order valence-corrected chi connectivity index (χ1v) is 9.21. The van der Waals surface area contributed by atoms with Crippen LogP contribution in [-0.2, 0) is 16.0 Å². The van der Waals surface area contributed by atoms with E-state index in [2.05, 4.69) is 15.2 Å². The molecule has 0 bridgehead atoms. The number of halogens is 3. The van der Waals surface area contributed by atoms with E-state index >= 15 is 0 Å². The molecule has 1 aromatic carbocycles. The molecule has 0 aliphatic carbocycles. The van der Waals surface area contributed by atoms with Gasteiger partial charge >= 0.3 is 0 Å². The number of aliphatic imine (C=N–C) groups is 1. The Morgan fingerprint density at radius 1 is 1.26 bits per heavy atom. The molecule has 0 amide bonds. The lowest BCUT2D eigenvalue weighted by molar-refractivity contribution is 0.00990. The third-order valence-corrected chi connectivity index (χ3v) is 4.33. The van der Waals surface area contributed by atoms with Crippen LogP contribution >= 0.6 is 24.0 Å². The first-order chi connectivity index (χ1) is 12.6. The largest absolute Gasteiger partial charge is 0.385 e. The van der Waals surface area contributed by atoms with Crippen molar-refractivity contribution in [3.63, 3.8) is 0 Å². The predicted octanol–water partition coefficient (Wildman–Crippen LogP) is 3.57. The van der Waals surface area contributed by atoms with Crippen molar-refractivity contribution in [1.29, 1.82) is 0 Å². The maximum absolute atomic E-state index is 13.8. The molecule has 0 unspecified atom stereocenters. The number of ether oxygens (including phenoxy) is 2. The maximum atomic E-state index is 13.8. The lowest BCUT2D eigenvalue weighted by Crippen LogP contribution is -2.47. The summed E-state index contributed by atoms with van der Waals surface area (Å²) in [6, 6.07) is 3.45. The molecule has 0 saturated carbocycles. The fraction of sp³-hybridized carbons (Fsp3) is 0.632. The molecule has 1 N–H and O–H groups in total. The van der Waals surface area contributed by atoms with Gasteiger partial charge in [-0.3, -0.25) is 0 Å². The van der Waals surface area contributed by atoms with Crippen LogP contribution in [0.2, 0.25) is 0 Å². The molecular weight excluding hydrogens is 467 g/mol. The summed E-state index contributed by atoms with van der Waals surface area (Å²) in [7, 11) is 1.69. The second-order valence-corrected chi connectivity index (χ2v) is 6.31. The van der Waals surface area contributed by atoms with Crippen molar-refractivity contribution in [3.8, 4) is 0 Å². The monoisotopic (exact) mass is 497 g/mol. The third kappa shape index (κ3) is 8.27. The smallest absolute Gasteiger partial charge is 0.194 e. The Bertz CT molecular complexity index is 582. The van der Waals surface area contributed by atoms with Crippen LogP contribution in [0.25, 0.3) is 0 Å². The number of nitrogens with one attached hydrogen (secondary N) is 1. The number of methoxy groups -OCH3 is 1. The maximum Gasteiger partial charge on any atom is 0.194 e. The van der Waals surface area contributed by atoms with Crippen molar-refractivity contribution in [2.45, 2.75) is 38.8 Å². The van der Waals surface area contributed by atoms with Gasteiger partial charge in [-0.1, -0.05) is 0 Å². The van der Waals surface area contributed by atoms with Crippen molar-refractivity contribution in [3.05, 3.63) is 35.4 Å². The van der Waals surface area contributed by atoms with Crippen LogP contribution in [0, 0.1) is 11.6 Å². The van der Waals surface area contributed by atoms with Crippen LogP contribution in [0.1, 0.15) is 31.7 Å². The van der Waals surface area contributed by atoms with Crippen molar-refractivity contribution < 1.29 is 18.3 Å². The lowest BCUT2D eigenvalue weighted by Gasteiger charge is -2.34. The first kappa shape index (κ1) is 24.0. The Hall–Kier alpha value is -1.00. The number of piperidine rings is 1. The van der Waals surface area contributed by atoms with Crippen molar-refractivity contribution in [2.24, 2.45) is 4.99 Å². The number of hydrogen-bond donors (Lipinski definition) is 1. The number of nitrogens with zero attached hydrogens (tertiary/aromatic N) is 2. The summed E-state index contributed by atoms with van der Waals surface area (Å²) >= 11 is 0. The highest BCUT2D eigenvalue weighted by Gasteiger charge is 2.21. The van der Waals surface area contributed by atoms with E-state index in [9.17, 15) is 8.78 Å². The number of rotatable bonds is 8. The van der Waals surface area contributed by atoms with Gasteiger partial charge in [0.1, 0.15) is 11.6 Å². The second kappa shape index (κ2) is 13.2. The number of hydrogen-bond acceptors (Lipinski definition) is 3. The van der Waals surface area contributed by atoms with Crippen LogP contribution in [0.5, 0.6) is 0 Å². The zero-order chi connectivity index (χ0) is 18.8. The highest BCUT2D eigenvalue weighted by molar-refractivity contribution is 14.0. The van der Waals surface area contributed by atoms with Gasteiger partial charge in [-0.05, 0) is 44.4 Å². The number of likely N-dealkylation sites (tertiary alicyclic amines) is 1. The van der Waals surface area contributed by atoms with Crippen LogP contribution in [0.15, 0.2) is 23.2 Å². The van der Waals surface area contributed by atoms with E-state index in [1.807, 2.05) is 6.92 Å². The molecule has 1 heterocycles. The van der Waals surface area contributed by atoms with Crippen LogP contribution in [0.3, 0.4) is 0 Å². The van der Waals surface area contributed by atoms with Crippen LogP contribution < -0.4 is 5.32 Å². The van der Waals surface area contributed by atoms with E-state index in [1.165, 1.54) is 6.07 Å². The Kier molecular flexibility index (Phi) is 11.8. The van der Waals surface area contributed by atoms with Gasteiger partial charge in [0.2, 0.25) is 0 Å². The molecule has 0 spiro atoms. The van der Waals surface area contributed by atoms with Gasteiger partial charge in [-0.15, -0.1) is 24.0 Å². The molecule has 154 valence electrons. The minimum atomic E-state index is -0.451. The molecule has 1 aliphatic rings. The highest BCUT2D eigenvalue weighted by atomic mass is 127. The molecule has 1 aliphatic heterocycles. The van der Waals surface area contributed by atoms with Gasteiger partial charge < -0.3 is 19.7 Å². The zero-order valence-corrected chi connectivity index (χ0v) is 18.4. The highest BCUT2D eigenvalue weighted by Crippen LogP contribution is 2.15. The minimum absolute atomic E-state index is 0. The van der Waals surface area contributed by atoms with E-state index in [1.54, 1.807) is 7.11 Å². The zero-order valence-electron chi connectivity index (χ0n) is 16.0. The fourth-order valence-electron chi connectivity index (χ4n) is 2.94. The lowest BCUT2D eigenvalue weighted by atomic mass is 10.1. The van der Waals surface area contributed by atoms with E-state index in [0.717, 1.165) is 57.0 Å².